The van der Waals surface area contributed by atoms with Crippen molar-refractivity contribution in [2.45, 2.75) is 25.3 Å². The molecule has 2 atom stereocenters. The second-order valence-corrected chi connectivity index (χ2v) is 6.79. The first kappa shape index (κ1) is 12.5. The van der Waals surface area contributed by atoms with Gasteiger partial charge in [0.05, 0.1) is 3.79 Å². The van der Waals surface area contributed by atoms with Gasteiger partial charge in [0.2, 0.25) is 0 Å². The minimum Gasteiger partial charge on any atom is -0.381 e. The Morgan fingerprint density at radius 3 is 3.06 bits per heavy atom. The molecule has 1 aliphatic heterocycles. The maximum atomic E-state index is 5.61. The van der Waals surface area contributed by atoms with Crippen LogP contribution in [0, 0.1) is 5.92 Å². The van der Waals surface area contributed by atoms with Crippen molar-refractivity contribution in [3.05, 3.63) is 20.8 Å². The molecular formula is C11H17BrN2OS. The average Bonchev–Trinajstić information content (AvgIpc) is 2.89. The molecule has 0 bridgehead atoms. The lowest BCUT2D eigenvalue weighted by Gasteiger charge is -2.18. The number of hydrogen-bond acceptors (Lipinski definition) is 4. The molecule has 16 heavy (non-hydrogen) atoms. The first-order valence-corrected chi connectivity index (χ1v) is 7.17. The number of thiophene rings is 1. The van der Waals surface area contributed by atoms with E-state index < -0.39 is 0 Å². The van der Waals surface area contributed by atoms with Crippen LogP contribution in [-0.4, -0.2) is 19.3 Å². The summed E-state index contributed by atoms with van der Waals surface area (Å²) in [5.41, 5.74) is 2.92. The molecule has 3 N–H and O–H groups in total. The second kappa shape index (κ2) is 6.12. The molecule has 1 saturated heterocycles. The molecule has 1 aliphatic rings. The number of nitrogens with one attached hydrogen (secondary N) is 1. The molecule has 2 rings (SSSR count). The number of hydrazine groups is 1. The van der Waals surface area contributed by atoms with E-state index >= 15 is 0 Å². The number of nitrogens with two attached hydrogens (primary N) is 1. The van der Waals surface area contributed by atoms with Gasteiger partial charge in [0.15, 0.2) is 0 Å². The molecule has 5 heteroatoms. The molecule has 2 unspecified atom stereocenters. The molecule has 1 fully saturated rings. The summed E-state index contributed by atoms with van der Waals surface area (Å²) in [7, 11) is 0. The molecule has 0 aliphatic carbocycles. The molecular weight excluding hydrogens is 288 g/mol. The highest BCUT2D eigenvalue weighted by Crippen LogP contribution is 2.25. The van der Waals surface area contributed by atoms with Crippen LogP contribution in [0.2, 0.25) is 0 Å². The quantitative estimate of drug-likeness (QED) is 0.648. The van der Waals surface area contributed by atoms with Gasteiger partial charge in [-0.2, -0.15) is 0 Å². The van der Waals surface area contributed by atoms with Crippen molar-refractivity contribution in [2.24, 2.45) is 11.8 Å². The lowest BCUT2D eigenvalue weighted by atomic mass is 9.97. The fourth-order valence-electron chi connectivity index (χ4n) is 2.09. The number of hydrogen-bond donors (Lipinski definition) is 2. The highest BCUT2D eigenvalue weighted by atomic mass is 79.9. The van der Waals surface area contributed by atoms with E-state index in [1.165, 1.54) is 15.1 Å². The van der Waals surface area contributed by atoms with Gasteiger partial charge >= 0.3 is 0 Å². The molecule has 2 heterocycles. The maximum absolute atomic E-state index is 5.61. The van der Waals surface area contributed by atoms with Crippen molar-refractivity contribution in [1.29, 1.82) is 0 Å². The molecule has 90 valence electrons. The SMILES string of the molecule is NNC(Cc1ccc(Br)s1)CC1CCOC1. The van der Waals surface area contributed by atoms with Gasteiger partial charge in [-0.25, -0.2) is 0 Å². The largest absolute Gasteiger partial charge is 0.381 e. The van der Waals surface area contributed by atoms with Gasteiger partial charge in [-0.1, -0.05) is 0 Å². The van der Waals surface area contributed by atoms with E-state index in [0.29, 0.717) is 12.0 Å². The Hall–Kier alpha value is 0.0600. The second-order valence-electron chi connectivity index (χ2n) is 4.24. The Balaban J connectivity index is 1.84. The van der Waals surface area contributed by atoms with E-state index in [2.05, 4.69) is 33.5 Å². The van der Waals surface area contributed by atoms with Gasteiger partial charge in [-0.05, 0) is 53.2 Å². The van der Waals surface area contributed by atoms with Crippen LogP contribution in [0.1, 0.15) is 17.7 Å². The van der Waals surface area contributed by atoms with E-state index in [1.54, 1.807) is 11.3 Å². The van der Waals surface area contributed by atoms with Gasteiger partial charge in [0.25, 0.3) is 0 Å². The summed E-state index contributed by atoms with van der Waals surface area (Å²) in [4.78, 5) is 1.37. The van der Waals surface area contributed by atoms with Gasteiger partial charge in [-0.15, -0.1) is 11.3 Å². The highest BCUT2D eigenvalue weighted by Gasteiger charge is 2.20. The van der Waals surface area contributed by atoms with Gasteiger partial charge in [-0.3, -0.25) is 11.3 Å². The Morgan fingerprint density at radius 1 is 1.62 bits per heavy atom. The van der Waals surface area contributed by atoms with Crippen LogP contribution in [0.4, 0.5) is 0 Å². The minimum absolute atomic E-state index is 0.359. The maximum Gasteiger partial charge on any atom is 0.0701 e. The monoisotopic (exact) mass is 304 g/mol. The summed E-state index contributed by atoms with van der Waals surface area (Å²) < 4.78 is 6.57. The van der Waals surface area contributed by atoms with Crippen molar-refractivity contribution < 1.29 is 4.74 Å². The van der Waals surface area contributed by atoms with Crippen LogP contribution in [0.5, 0.6) is 0 Å². The molecule has 1 aromatic heterocycles. The molecule has 0 amide bonds. The summed E-state index contributed by atoms with van der Waals surface area (Å²) in [5, 5.41) is 0. The van der Waals surface area contributed by atoms with Crippen LogP contribution in [0.25, 0.3) is 0 Å². The van der Waals surface area contributed by atoms with Crippen LogP contribution >= 0.6 is 27.3 Å². The van der Waals surface area contributed by atoms with E-state index in [4.69, 9.17) is 10.6 Å². The van der Waals surface area contributed by atoms with E-state index in [-0.39, 0.29) is 0 Å². The van der Waals surface area contributed by atoms with Gasteiger partial charge in [0.1, 0.15) is 0 Å². The standard InChI is InChI=1S/C11H17BrN2OS/c12-11-2-1-10(16-11)6-9(14-13)5-8-3-4-15-7-8/h1-2,8-9,14H,3-7,13H2. The third-order valence-corrected chi connectivity index (χ3v) is 4.60. The van der Waals surface area contributed by atoms with Crippen molar-refractivity contribution >= 4 is 27.3 Å². The van der Waals surface area contributed by atoms with Crippen molar-refractivity contribution in [3.8, 4) is 0 Å². The van der Waals surface area contributed by atoms with Crippen LogP contribution in [0.3, 0.4) is 0 Å². The molecule has 0 radical (unpaired) electrons. The predicted octanol–water partition coefficient (Wildman–Crippen LogP) is 2.31. The third-order valence-electron chi connectivity index (χ3n) is 2.95. The number of ether oxygens (including phenoxy) is 1. The van der Waals surface area contributed by atoms with E-state index in [9.17, 15) is 0 Å². The molecule has 0 spiro atoms. The fraction of sp³-hybridized carbons (Fsp3) is 0.636. The molecule has 0 saturated carbocycles. The first-order chi connectivity index (χ1) is 7.78. The summed E-state index contributed by atoms with van der Waals surface area (Å²) in [5.74, 6) is 6.28. The smallest absolute Gasteiger partial charge is 0.0701 e. The van der Waals surface area contributed by atoms with Crippen LogP contribution < -0.4 is 11.3 Å². The fourth-order valence-corrected chi connectivity index (χ4v) is 3.65. The Kier molecular flexibility index (Phi) is 4.79. The van der Waals surface area contributed by atoms with Gasteiger partial charge < -0.3 is 4.74 Å². The van der Waals surface area contributed by atoms with Crippen LogP contribution in [0.15, 0.2) is 15.9 Å². The number of halogens is 1. The molecule has 0 aromatic carbocycles. The normalized spacial score (nSPS) is 22.5. The first-order valence-electron chi connectivity index (χ1n) is 5.56. The Morgan fingerprint density at radius 2 is 2.50 bits per heavy atom. The van der Waals surface area contributed by atoms with Crippen molar-refractivity contribution in [1.82, 2.24) is 5.43 Å². The highest BCUT2D eigenvalue weighted by molar-refractivity contribution is 9.11. The zero-order valence-corrected chi connectivity index (χ0v) is 11.5. The Bertz CT molecular complexity index is 326. The molecule has 3 nitrogen and oxygen atoms in total. The molecule has 1 aromatic rings. The Labute approximate surface area is 108 Å². The summed E-state index contributed by atoms with van der Waals surface area (Å²) in [6.45, 7) is 1.80. The summed E-state index contributed by atoms with van der Waals surface area (Å²) >= 11 is 5.26. The predicted molar refractivity (Wildman–Crippen MR) is 70.4 cm³/mol. The third kappa shape index (κ3) is 3.53. The van der Waals surface area contributed by atoms with E-state index in [0.717, 1.165) is 26.1 Å². The summed E-state index contributed by atoms with van der Waals surface area (Å²) in [6, 6.07) is 4.61. The van der Waals surface area contributed by atoms with Crippen LogP contribution in [-0.2, 0) is 11.2 Å². The van der Waals surface area contributed by atoms with Crippen molar-refractivity contribution in [2.75, 3.05) is 13.2 Å². The number of rotatable bonds is 5. The zero-order chi connectivity index (χ0) is 11.4. The zero-order valence-electron chi connectivity index (χ0n) is 9.12. The van der Waals surface area contributed by atoms with Crippen molar-refractivity contribution in [3.63, 3.8) is 0 Å². The van der Waals surface area contributed by atoms with E-state index in [1.807, 2.05) is 0 Å². The lowest BCUT2D eigenvalue weighted by Crippen LogP contribution is -2.38. The van der Waals surface area contributed by atoms with Gasteiger partial charge in [0, 0.05) is 24.1 Å². The summed E-state index contributed by atoms with van der Waals surface area (Å²) in [6.07, 6.45) is 3.28. The minimum atomic E-state index is 0.359. The average molecular weight is 305 g/mol. The lowest BCUT2D eigenvalue weighted by molar-refractivity contribution is 0.181. The topological polar surface area (TPSA) is 47.3 Å².